The lowest BCUT2D eigenvalue weighted by molar-refractivity contribution is 0.281. The molecule has 0 amide bonds. The van der Waals surface area contributed by atoms with Crippen molar-refractivity contribution in [3.63, 3.8) is 0 Å². The van der Waals surface area contributed by atoms with Gasteiger partial charge in [-0.1, -0.05) is 36.4 Å². The summed E-state index contributed by atoms with van der Waals surface area (Å²) in [6.07, 6.45) is 4.58. The van der Waals surface area contributed by atoms with Crippen molar-refractivity contribution in [3.8, 4) is 11.5 Å². The number of aromatic hydroxyl groups is 1. The Morgan fingerprint density at radius 3 is 2.35 bits per heavy atom. The van der Waals surface area contributed by atoms with Gasteiger partial charge in [0.15, 0.2) is 0 Å². The van der Waals surface area contributed by atoms with Crippen LogP contribution in [0.1, 0.15) is 37.2 Å². The van der Waals surface area contributed by atoms with Crippen LogP contribution in [0.4, 0.5) is 0 Å². The van der Waals surface area contributed by atoms with Gasteiger partial charge in [0.05, 0.1) is 0 Å². The van der Waals surface area contributed by atoms with E-state index >= 15 is 0 Å². The Hall–Kier alpha value is -2.00. The van der Waals surface area contributed by atoms with Crippen LogP contribution in [-0.4, -0.2) is 24.3 Å². The summed E-state index contributed by atoms with van der Waals surface area (Å²) in [6, 6.07) is 18.3. The largest absolute Gasteiger partial charge is 0.508 e. The Balaban J connectivity index is 1.37. The van der Waals surface area contributed by atoms with E-state index in [9.17, 15) is 5.11 Å². The van der Waals surface area contributed by atoms with Crippen molar-refractivity contribution in [3.05, 3.63) is 60.2 Å². The number of benzene rings is 2. The molecular formula is C20H25NO2. The quantitative estimate of drug-likeness (QED) is 0.790. The molecule has 0 bridgehead atoms. The van der Waals surface area contributed by atoms with Gasteiger partial charge in [0.1, 0.15) is 18.1 Å². The Labute approximate surface area is 138 Å². The van der Waals surface area contributed by atoms with Crippen molar-refractivity contribution in [2.24, 2.45) is 0 Å². The summed E-state index contributed by atoms with van der Waals surface area (Å²) in [5, 5.41) is 13.6. The summed E-state index contributed by atoms with van der Waals surface area (Å²) in [4.78, 5) is 0. The van der Waals surface area contributed by atoms with Crippen molar-refractivity contribution in [1.29, 1.82) is 0 Å². The van der Waals surface area contributed by atoms with E-state index in [0.717, 1.165) is 43.5 Å². The third kappa shape index (κ3) is 4.49. The van der Waals surface area contributed by atoms with Crippen LogP contribution in [-0.2, 0) is 0 Å². The predicted octanol–water partition coefficient (Wildman–Crippen LogP) is 4.09. The van der Waals surface area contributed by atoms with Crippen LogP contribution in [0.3, 0.4) is 0 Å². The second kappa shape index (κ2) is 8.02. The van der Waals surface area contributed by atoms with Gasteiger partial charge in [-0.2, -0.15) is 0 Å². The third-order valence-corrected chi connectivity index (χ3v) is 4.65. The van der Waals surface area contributed by atoms with Gasteiger partial charge in [-0.05, 0) is 55.4 Å². The van der Waals surface area contributed by atoms with Gasteiger partial charge in [0, 0.05) is 12.6 Å². The van der Waals surface area contributed by atoms with E-state index < -0.39 is 0 Å². The van der Waals surface area contributed by atoms with Gasteiger partial charge in [0.2, 0.25) is 0 Å². The standard InChI is InChI=1S/C20H25NO2/c22-20-9-5-4-8-19(20)16-10-12-17(13-11-16)21-14-15-23-18-6-2-1-3-7-18/h1-9,16-17,21-22H,10-15H2. The molecule has 3 rings (SSSR count). The van der Waals surface area contributed by atoms with E-state index in [4.69, 9.17) is 4.74 Å². The molecule has 1 aliphatic carbocycles. The zero-order valence-corrected chi connectivity index (χ0v) is 13.4. The fraction of sp³-hybridized carbons (Fsp3) is 0.400. The highest BCUT2D eigenvalue weighted by Gasteiger charge is 2.23. The first-order chi connectivity index (χ1) is 11.3. The maximum Gasteiger partial charge on any atom is 0.119 e. The first-order valence-electron chi connectivity index (χ1n) is 8.52. The molecule has 0 radical (unpaired) electrons. The van der Waals surface area contributed by atoms with Crippen molar-refractivity contribution < 1.29 is 9.84 Å². The normalized spacial score (nSPS) is 21.0. The van der Waals surface area contributed by atoms with Gasteiger partial charge in [-0.15, -0.1) is 0 Å². The van der Waals surface area contributed by atoms with E-state index in [2.05, 4.69) is 11.4 Å². The van der Waals surface area contributed by atoms with E-state index in [0.29, 0.717) is 24.3 Å². The van der Waals surface area contributed by atoms with E-state index in [1.165, 1.54) is 0 Å². The summed E-state index contributed by atoms with van der Waals surface area (Å²) in [6.45, 7) is 1.57. The topological polar surface area (TPSA) is 41.5 Å². The average Bonchev–Trinajstić information content (AvgIpc) is 2.61. The summed E-state index contributed by atoms with van der Waals surface area (Å²) < 4.78 is 5.71. The smallest absolute Gasteiger partial charge is 0.119 e. The lowest BCUT2D eigenvalue weighted by Crippen LogP contribution is -2.35. The van der Waals surface area contributed by atoms with E-state index in [1.807, 2.05) is 42.5 Å². The second-order valence-electron chi connectivity index (χ2n) is 6.22. The number of hydrogen-bond acceptors (Lipinski definition) is 3. The molecule has 2 aromatic rings. The van der Waals surface area contributed by atoms with Crippen molar-refractivity contribution in [2.75, 3.05) is 13.2 Å². The number of hydrogen-bond donors (Lipinski definition) is 2. The summed E-state index contributed by atoms with van der Waals surface area (Å²) in [5.41, 5.74) is 1.11. The molecule has 1 fully saturated rings. The Kier molecular flexibility index (Phi) is 5.54. The molecule has 122 valence electrons. The molecule has 0 unspecified atom stereocenters. The molecule has 1 aliphatic rings. The van der Waals surface area contributed by atoms with Crippen molar-refractivity contribution in [2.45, 2.75) is 37.6 Å². The highest BCUT2D eigenvalue weighted by atomic mass is 16.5. The number of phenolic OH excluding ortho intramolecular Hbond substituents is 1. The molecule has 0 aliphatic heterocycles. The van der Waals surface area contributed by atoms with E-state index in [1.54, 1.807) is 6.07 Å². The summed E-state index contributed by atoms with van der Waals surface area (Å²) >= 11 is 0. The molecule has 1 saturated carbocycles. The van der Waals surface area contributed by atoms with Gasteiger partial charge < -0.3 is 15.2 Å². The molecule has 0 aromatic heterocycles. The van der Waals surface area contributed by atoms with Crippen LogP contribution in [0, 0.1) is 0 Å². The first-order valence-corrected chi connectivity index (χ1v) is 8.52. The number of para-hydroxylation sites is 2. The molecule has 3 heteroatoms. The zero-order chi connectivity index (χ0) is 15.9. The lowest BCUT2D eigenvalue weighted by atomic mass is 9.81. The van der Waals surface area contributed by atoms with Crippen LogP contribution < -0.4 is 10.1 Å². The molecule has 0 atom stereocenters. The molecular weight excluding hydrogens is 286 g/mol. The second-order valence-corrected chi connectivity index (χ2v) is 6.22. The first kappa shape index (κ1) is 15.9. The van der Waals surface area contributed by atoms with Crippen LogP contribution >= 0.6 is 0 Å². The van der Waals surface area contributed by atoms with Gasteiger partial charge in [-0.3, -0.25) is 0 Å². The fourth-order valence-electron chi connectivity index (χ4n) is 3.39. The summed E-state index contributed by atoms with van der Waals surface area (Å²) in [7, 11) is 0. The zero-order valence-electron chi connectivity index (χ0n) is 13.4. The minimum Gasteiger partial charge on any atom is -0.508 e. The van der Waals surface area contributed by atoms with Crippen LogP contribution in [0.25, 0.3) is 0 Å². The number of nitrogens with one attached hydrogen (secondary N) is 1. The van der Waals surface area contributed by atoms with Crippen LogP contribution in [0.15, 0.2) is 54.6 Å². The maximum absolute atomic E-state index is 9.98. The van der Waals surface area contributed by atoms with Gasteiger partial charge >= 0.3 is 0 Å². The monoisotopic (exact) mass is 311 g/mol. The van der Waals surface area contributed by atoms with Crippen LogP contribution in [0.5, 0.6) is 11.5 Å². The Morgan fingerprint density at radius 1 is 0.913 bits per heavy atom. The highest BCUT2D eigenvalue weighted by molar-refractivity contribution is 5.35. The molecule has 2 N–H and O–H groups in total. The molecule has 3 nitrogen and oxygen atoms in total. The Bertz CT molecular complexity index is 592. The third-order valence-electron chi connectivity index (χ3n) is 4.65. The highest BCUT2D eigenvalue weighted by Crippen LogP contribution is 2.36. The lowest BCUT2D eigenvalue weighted by Gasteiger charge is -2.29. The van der Waals surface area contributed by atoms with Crippen molar-refractivity contribution >= 4 is 0 Å². The number of ether oxygens (including phenoxy) is 1. The van der Waals surface area contributed by atoms with Gasteiger partial charge in [0.25, 0.3) is 0 Å². The fourth-order valence-corrected chi connectivity index (χ4v) is 3.39. The average molecular weight is 311 g/mol. The van der Waals surface area contributed by atoms with Crippen molar-refractivity contribution in [1.82, 2.24) is 5.32 Å². The molecule has 0 spiro atoms. The Morgan fingerprint density at radius 2 is 1.61 bits per heavy atom. The molecule has 0 heterocycles. The minimum absolute atomic E-state index is 0.445. The molecule has 0 saturated heterocycles. The maximum atomic E-state index is 9.98. The van der Waals surface area contributed by atoms with Gasteiger partial charge in [-0.25, -0.2) is 0 Å². The predicted molar refractivity (Wildman–Crippen MR) is 93.0 cm³/mol. The molecule has 23 heavy (non-hydrogen) atoms. The minimum atomic E-state index is 0.445. The SMILES string of the molecule is Oc1ccccc1C1CCC(NCCOc2ccccc2)CC1. The van der Waals surface area contributed by atoms with E-state index in [-0.39, 0.29) is 0 Å². The molecule has 2 aromatic carbocycles. The summed E-state index contributed by atoms with van der Waals surface area (Å²) in [5.74, 6) is 1.87. The number of rotatable bonds is 6. The van der Waals surface area contributed by atoms with Crippen LogP contribution in [0.2, 0.25) is 0 Å². The number of phenols is 1.